The maximum Gasteiger partial charge on any atom is 0.243 e. The molecule has 1 aromatic rings. The molecule has 1 aromatic carbocycles. The van der Waals surface area contributed by atoms with E-state index in [2.05, 4.69) is 22.1 Å². The van der Waals surface area contributed by atoms with Gasteiger partial charge in [-0.2, -0.15) is 4.31 Å². The number of hydrogen-bond donors (Lipinski definition) is 2. The van der Waals surface area contributed by atoms with Crippen LogP contribution in [0.5, 0.6) is 0 Å². The van der Waals surface area contributed by atoms with Crippen LogP contribution in [0.3, 0.4) is 0 Å². The Labute approximate surface area is 143 Å². The number of rotatable bonds is 5. The van der Waals surface area contributed by atoms with E-state index in [1.165, 1.54) is 4.31 Å². The van der Waals surface area contributed by atoms with Crippen LogP contribution >= 0.6 is 12.2 Å². The molecule has 0 aliphatic carbocycles. The molecule has 2 rings (SSSR count). The fourth-order valence-corrected chi connectivity index (χ4v) is 3.85. The Hall–Kier alpha value is -1.48. The monoisotopic (exact) mass is 354 g/mol. The predicted octanol–water partition coefficient (Wildman–Crippen LogP) is 1.10. The van der Waals surface area contributed by atoms with Crippen molar-refractivity contribution in [1.82, 2.24) is 14.5 Å². The van der Waals surface area contributed by atoms with Gasteiger partial charge in [0.15, 0.2) is 5.11 Å². The van der Waals surface area contributed by atoms with Gasteiger partial charge in [-0.25, -0.2) is 8.42 Å². The first-order chi connectivity index (χ1) is 10.9. The molecule has 0 unspecified atom stereocenters. The second-order valence-electron chi connectivity index (χ2n) is 5.36. The summed E-state index contributed by atoms with van der Waals surface area (Å²) in [5.41, 5.74) is 0.740. The Morgan fingerprint density at radius 3 is 2.43 bits per heavy atom. The summed E-state index contributed by atoms with van der Waals surface area (Å²) < 4.78 is 26.7. The zero-order chi connectivity index (χ0) is 16.9. The minimum Gasteiger partial charge on any atom is -0.359 e. The van der Waals surface area contributed by atoms with Gasteiger partial charge in [0.05, 0.1) is 4.90 Å². The summed E-state index contributed by atoms with van der Waals surface area (Å²) >= 11 is 5.12. The summed E-state index contributed by atoms with van der Waals surface area (Å²) in [6.07, 6.45) is 1.71. The van der Waals surface area contributed by atoms with Gasteiger partial charge in [0, 0.05) is 38.4 Å². The quantitative estimate of drug-likeness (QED) is 0.610. The molecule has 1 fully saturated rings. The largest absolute Gasteiger partial charge is 0.359 e. The van der Waals surface area contributed by atoms with Crippen LogP contribution in [0.4, 0.5) is 5.69 Å². The van der Waals surface area contributed by atoms with Gasteiger partial charge in [0.1, 0.15) is 0 Å². The molecule has 1 heterocycles. The van der Waals surface area contributed by atoms with Crippen LogP contribution in [0, 0.1) is 0 Å². The van der Waals surface area contributed by atoms with Gasteiger partial charge >= 0.3 is 0 Å². The Kier molecular flexibility index (Phi) is 6.11. The average molecular weight is 355 g/mol. The molecule has 6 nitrogen and oxygen atoms in total. The number of benzene rings is 1. The summed E-state index contributed by atoms with van der Waals surface area (Å²) in [6, 6.07) is 6.63. The second kappa shape index (κ2) is 7.87. The first-order valence-electron chi connectivity index (χ1n) is 7.38. The van der Waals surface area contributed by atoms with Crippen molar-refractivity contribution >= 4 is 33.0 Å². The van der Waals surface area contributed by atoms with Gasteiger partial charge in [0.2, 0.25) is 10.0 Å². The lowest BCUT2D eigenvalue weighted by molar-refractivity contribution is 0.222. The highest BCUT2D eigenvalue weighted by Gasteiger charge is 2.27. The van der Waals surface area contributed by atoms with Crippen molar-refractivity contribution in [3.05, 3.63) is 36.9 Å². The van der Waals surface area contributed by atoms with Crippen molar-refractivity contribution in [2.24, 2.45) is 0 Å². The summed E-state index contributed by atoms with van der Waals surface area (Å²) in [5.74, 6) is 0. The van der Waals surface area contributed by atoms with Crippen molar-refractivity contribution in [3.8, 4) is 0 Å². The van der Waals surface area contributed by atoms with E-state index in [0.29, 0.717) is 29.6 Å². The zero-order valence-corrected chi connectivity index (χ0v) is 14.8. The topological polar surface area (TPSA) is 64.7 Å². The molecule has 0 atom stereocenters. The lowest BCUT2D eigenvalue weighted by atomic mass is 10.3. The van der Waals surface area contributed by atoms with Crippen LogP contribution in [0.15, 0.2) is 41.8 Å². The molecule has 0 saturated carbocycles. The van der Waals surface area contributed by atoms with E-state index >= 15 is 0 Å². The van der Waals surface area contributed by atoms with Crippen molar-refractivity contribution in [2.45, 2.75) is 4.90 Å². The van der Waals surface area contributed by atoms with Crippen LogP contribution in [0.2, 0.25) is 0 Å². The molecule has 23 heavy (non-hydrogen) atoms. The number of nitrogens with one attached hydrogen (secondary N) is 2. The maximum absolute atomic E-state index is 12.6. The Morgan fingerprint density at radius 1 is 1.26 bits per heavy atom. The smallest absolute Gasteiger partial charge is 0.243 e. The molecule has 0 radical (unpaired) electrons. The third kappa shape index (κ3) is 4.74. The molecule has 0 bridgehead atoms. The predicted molar refractivity (Wildman–Crippen MR) is 97.1 cm³/mol. The third-order valence-corrected chi connectivity index (χ3v) is 5.78. The van der Waals surface area contributed by atoms with E-state index in [4.69, 9.17) is 12.2 Å². The van der Waals surface area contributed by atoms with Gasteiger partial charge in [-0.05, 0) is 43.5 Å². The Morgan fingerprint density at radius 2 is 1.87 bits per heavy atom. The molecule has 0 amide bonds. The van der Waals surface area contributed by atoms with E-state index in [1.807, 2.05) is 7.05 Å². The van der Waals surface area contributed by atoms with Gasteiger partial charge in [-0.1, -0.05) is 6.08 Å². The minimum atomic E-state index is -3.43. The number of sulfonamides is 1. The first-order valence-corrected chi connectivity index (χ1v) is 9.23. The fourth-order valence-electron chi connectivity index (χ4n) is 2.23. The van der Waals surface area contributed by atoms with Crippen molar-refractivity contribution in [3.63, 3.8) is 0 Å². The lowest BCUT2D eigenvalue weighted by Crippen LogP contribution is -2.46. The fraction of sp³-hybridized carbons (Fsp3) is 0.400. The first kappa shape index (κ1) is 17.9. The van der Waals surface area contributed by atoms with Crippen LogP contribution in [0.1, 0.15) is 0 Å². The van der Waals surface area contributed by atoms with Gasteiger partial charge in [0.25, 0.3) is 0 Å². The van der Waals surface area contributed by atoms with Crippen molar-refractivity contribution in [1.29, 1.82) is 0 Å². The summed E-state index contributed by atoms with van der Waals surface area (Å²) in [6.45, 7) is 6.72. The summed E-state index contributed by atoms with van der Waals surface area (Å²) in [4.78, 5) is 2.42. The highest BCUT2D eigenvalue weighted by Crippen LogP contribution is 2.19. The molecular formula is C15H22N4O2S2. The molecule has 8 heteroatoms. The van der Waals surface area contributed by atoms with Gasteiger partial charge in [-0.3, -0.25) is 0 Å². The summed E-state index contributed by atoms with van der Waals surface area (Å²) in [7, 11) is -1.43. The van der Waals surface area contributed by atoms with E-state index in [1.54, 1.807) is 30.3 Å². The molecule has 0 aromatic heterocycles. The number of anilines is 1. The summed E-state index contributed by atoms with van der Waals surface area (Å²) in [5, 5.41) is 6.42. The SMILES string of the molecule is C=CCNC(=S)Nc1ccc(S(=O)(=O)N2CCN(C)CC2)cc1. The van der Waals surface area contributed by atoms with Crippen LogP contribution in [0.25, 0.3) is 0 Å². The Balaban J connectivity index is 2.03. The molecular weight excluding hydrogens is 332 g/mol. The van der Waals surface area contributed by atoms with E-state index in [-0.39, 0.29) is 0 Å². The van der Waals surface area contributed by atoms with Crippen molar-refractivity contribution < 1.29 is 8.42 Å². The van der Waals surface area contributed by atoms with E-state index < -0.39 is 10.0 Å². The van der Waals surface area contributed by atoms with Crippen LogP contribution in [-0.4, -0.2) is 62.5 Å². The average Bonchev–Trinajstić information content (AvgIpc) is 2.54. The normalized spacial score (nSPS) is 16.7. The highest BCUT2D eigenvalue weighted by atomic mass is 32.2. The van der Waals surface area contributed by atoms with Crippen molar-refractivity contribution in [2.75, 3.05) is 45.1 Å². The number of piperazine rings is 1. The number of nitrogens with zero attached hydrogens (tertiary/aromatic N) is 2. The number of thiocarbonyl (C=S) groups is 1. The third-order valence-electron chi connectivity index (χ3n) is 3.62. The van der Waals surface area contributed by atoms with Crippen LogP contribution in [-0.2, 0) is 10.0 Å². The van der Waals surface area contributed by atoms with Gasteiger partial charge in [-0.15, -0.1) is 6.58 Å². The number of likely N-dealkylation sites (N-methyl/N-ethyl adjacent to an activating group) is 1. The number of hydrogen-bond acceptors (Lipinski definition) is 4. The molecule has 126 valence electrons. The Bertz CT molecular complexity index is 651. The van der Waals surface area contributed by atoms with Crippen LogP contribution < -0.4 is 10.6 Å². The highest BCUT2D eigenvalue weighted by molar-refractivity contribution is 7.89. The van der Waals surface area contributed by atoms with E-state index in [9.17, 15) is 8.42 Å². The van der Waals surface area contributed by atoms with E-state index in [0.717, 1.165) is 18.8 Å². The second-order valence-corrected chi connectivity index (χ2v) is 7.70. The zero-order valence-electron chi connectivity index (χ0n) is 13.2. The lowest BCUT2D eigenvalue weighted by Gasteiger charge is -2.31. The molecule has 0 spiro atoms. The standard InChI is InChI=1S/C15H22N4O2S2/c1-3-8-16-15(22)17-13-4-6-14(7-5-13)23(20,21)19-11-9-18(2)10-12-19/h3-7H,1,8-12H2,2H3,(H2,16,17,22). The molecule has 2 N–H and O–H groups in total. The minimum absolute atomic E-state index is 0.303. The molecule has 1 aliphatic heterocycles. The van der Waals surface area contributed by atoms with Gasteiger partial charge < -0.3 is 15.5 Å². The maximum atomic E-state index is 12.6. The molecule has 1 saturated heterocycles. The molecule has 1 aliphatic rings.